The average Bonchev–Trinajstić information content (AvgIpc) is 2.46. The summed E-state index contributed by atoms with van der Waals surface area (Å²) in [6, 6.07) is 7.67. The first kappa shape index (κ1) is 15.5. The number of aldehydes is 1. The number of methoxy groups -OCH3 is 1. The molecule has 0 N–H and O–H groups in total. The molecule has 0 radical (unpaired) electrons. The van der Waals surface area contributed by atoms with Gasteiger partial charge in [-0.3, -0.25) is 0 Å². The fraction of sp³-hybridized carbons (Fsp3) is 0.562. The Morgan fingerprint density at radius 1 is 0.895 bits per heavy atom. The van der Waals surface area contributed by atoms with Crippen LogP contribution in [0.4, 0.5) is 0 Å². The van der Waals surface area contributed by atoms with Crippen molar-refractivity contribution in [2.45, 2.75) is 44.9 Å². The van der Waals surface area contributed by atoms with E-state index < -0.39 is 0 Å². The predicted octanol–water partition coefficient (Wildman–Crippen LogP) is 4.00. The van der Waals surface area contributed by atoms with Gasteiger partial charge in [-0.1, -0.05) is 25.7 Å². The summed E-state index contributed by atoms with van der Waals surface area (Å²) < 4.78 is 10.7. The number of unbranched alkanes of at least 4 members (excludes halogenated alkanes) is 6. The SMILES string of the molecule is COc1ccc(OCCCCCCCCC=O)cc1. The van der Waals surface area contributed by atoms with Crippen molar-refractivity contribution >= 4 is 6.29 Å². The summed E-state index contributed by atoms with van der Waals surface area (Å²) in [4.78, 5) is 10.1. The minimum atomic E-state index is 0.709. The standard InChI is InChI=1S/C16H24O3/c1-18-15-9-11-16(12-10-15)19-14-8-6-4-2-3-5-7-13-17/h9-13H,2-8,14H2,1H3. The fourth-order valence-electron chi connectivity index (χ4n) is 1.90. The summed E-state index contributed by atoms with van der Waals surface area (Å²) in [5.74, 6) is 1.74. The molecule has 3 nitrogen and oxygen atoms in total. The predicted molar refractivity (Wildman–Crippen MR) is 76.9 cm³/mol. The maximum absolute atomic E-state index is 10.1. The molecule has 19 heavy (non-hydrogen) atoms. The van der Waals surface area contributed by atoms with Gasteiger partial charge in [0.05, 0.1) is 13.7 Å². The molecule has 0 saturated carbocycles. The van der Waals surface area contributed by atoms with Crippen LogP contribution in [0.2, 0.25) is 0 Å². The highest BCUT2D eigenvalue weighted by atomic mass is 16.5. The molecule has 0 heterocycles. The maximum atomic E-state index is 10.1. The Labute approximate surface area is 115 Å². The number of hydrogen-bond donors (Lipinski definition) is 0. The van der Waals surface area contributed by atoms with Crippen LogP contribution in [-0.2, 0) is 4.79 Å². The number of carbonyl (C=O) groups is 1. The molecule has 0 atom stereocenters. The zero-order chi connectivity index (χ0) is 13.8. The van der Waals surface area contributed by atoms with Gasteiger partial charge in [0.2, 0.25) is 0 Å². The van der Waals surface area contributed by atoms with Gasteiger partial charge in [0.15, 0.2) is 0 Å². The Morgan fingerprint density at radius 2 is 1.47 bits per heavy atom. The molecule has 0 aliphatic heterocycles. The quantitative estimate of drug-likeness (QED) is 0.447. The number of rotatable bonds is 11. The molecule has 0 aromatic heterocycles. The minimum absolute atomic E-state index is 0.709. The van der Waals surface area contributed by atoms with Crippen molar-refractivity contribution in [1.82, 2.24) is 0 Å². The van der Waals surface area contributed by atoms with Crippen molar-refractivity contribution < 1.29 is 14.3 Å². The minimum Gasteiger partial charge on any atom is -0.497 e. The van der Waals surface area contributed by atoms with E-state index in [1.165, 1.54) is 19.3 Å². The maximum Gasteiger partial charge on any atom is 0.119 e. The van der Waals surface area contributed by atoms with Gasteiger partial charge >= 0.3 is 0 Å². The van der Waals surface area contributed by atoms with Crippen LogP contribution in [-0.4, -0.2) is 20.0 Å². The lowest BCUT2D eigenvalue weighted by atomic mass is 10.1. The largest absolute Gasteiger partial charge is 0.497 e. The molecule has 106 valence electrons. The Morgan fingerprint density at radius 3 is 2.11 bits per heavy atom. The third-order valence-corrected chi connectivity index (χ3v) is 3.04. The third kappa shape index (κ3) is 7.50. The molecule has 0 amide bonds. The highest BCUT2D eigenvalue weighted by molar-refractivity contribution is 5.48. The summed E-state index contributed by atoms with van der Waals surface area (Å²) in [6.45, 7) is 0.765. The molecule has 0 aliphatic rings. The lowest BCUT2D eigenvalue weighted by Gasteiger charge is -2.07. The van der Waals surface area contributed by atoms with Crippen LogP contribution in [0.25, 0.3) is 0 Å². The molecular formula is C16H24O3. The first-order valence-corrected chi connectivity index (χ1v) is 7.07. The molecule has 1 rings (SSSR count). The van der Waals surface area contributed by atoms with Crippen LogP contribution in [0.5, 0.6) is 11.5 Å². The number of benzene rings is 1. The van der Waals surface area contributed by atoms with Crippen LogP contribution < -0.4 is 9.47 Å². The van der Waals surface area contributed by atoms with Crippen LogP contribution in [0.1, 0.15) is 44.9 Å². The molecule has 1 aromatic carbocycles. The van der Waals surface area contributed by atoms with Crippen LogP contribution >= 0.6 is 0 Å². The second-order valence-electron chi connectivity index (χ2n) is 4.60. The van der Waals surface area contributed by atoms with E-state index in [1.807, 2.05) is 24.3 Å². The van der Waals surface area contributed by atoms with Crippen molar-refractivity contribution in [3.63, 3.8) is 0 Å². The Balaban J connectivity index is 1.96. The molecule has 0 saturated heterocycles. The van der Waals surface area contributed by atoms with Gasteiger partial charge in [0, 0.05) is 6.42 Å². The summed E-state index contributed by atoms with van der Waals surface area (Å²) in [7, 11) is 1.66. The molecule has 0 aliphatic carbocycles. The van der Waals surface area contributed by atoms with E-state index in [9.17, 15) is 4.79 Å². The summed E-state index contributed by atoms with van der Waals surface area (Å²) in [5.41, 5.74) is 0. The molecule has 0 bridgehead atoms. The van der Waals surface area contributed by atoms with Gasteiger partial charge in [-0.25, -0.2) is 0 Å². The Kier molecular flexibility index (Phi) is 8.52. The van der Waals surface area contributed by atoms with Crippen molar-refractivity contribution in [3.8, 4) is 11.5 Å². The van der Waals surface area contributed by atoms with Crippen molar-refractivity contribution in [3.05, 3.63) is 24.3 Å². The van der Waals surface area contributed by atoms with Crippen LogP contribution in [0.15, 0.2) is 24.3 Å². The molecule has 0 spiro atoms. The van der Waals surface area contributed by atoms with E-state index in [1.54, 1.807) is 7.11 Å². The van der Waals surface area contributed by atoms with E-state index in [2.05, 4.69) is 0 Å². The van der Waals surface area contributed by atoms with Crippen LogP contribution in [0.3, 0.4) is 0 Å². The Bertz CT molecular complexity index is 332. The summed E-state index contributed by atoms with van der Waals surface area (Å²) in [6.07, 6.45) is 8.63. The first-order chi connectivity index (χ1) is 9.36. The molecule has 0 unspecified atom stereocenters. The first-order valence-electron chi connectivity index (χ1n) is 7.07. The van der Waals surface area contributed by atoms with E-state index >= 15 is 0 Å². The Hall–Kier alpha value is -1.51. The van der Waals surface area contributed by atoms with Gasteiger partial charge < -0.3 is 14.3 Å². The second-order valence-corrected chi connectivity index (χ2v) is 4.60. The van der Waals surface area contributed by atoms with Gasteiger partial charge in [-0.05, 0) is 37.1 Å². The van der Waals surface area contributed by atoms with Crippen molar-refractivity contribution in [2.24, 2.45) is 0 Å². The highest BCUT2D eigenvalue weighted by Gasteiger charge is 1.96. The van der Waals surface area contributed by atoms with Crippen molar-refractivity contribution in [1.29, 1.82) is 0 Å². The van der Waals surface area contributed by atoms with Gasteiger partial charge in [-0.2, -0.15) is 0 Å². The van der Waals surface area contributed by atoms with E-state index in [0.717, 1.165) is 43.7 Å². The van der Waals surface area contributed by atoms with Crippen LogP contribution in [0, 0.1) is 0 Å². The lowest BCUT2D eigenvalue weighted by Crippen LogP contribution is -1.97. The van der Waals surface area contributed by atoms with Crippen molar-refractivity contribution in [2.75, 3.05) is 13.7 Å². The molecular weight excluding hydrogens is 240 g/mol. The molecule has 0 fully saturated rings. The zero-order valence-electron chi connectivity index (χ0n) is 11.8. The normalized spacial score (nSPS) is 10.2. The third-order valence-electron chi connectivity index (χ3n) is 3.04. The fourth-order valence-corrected chi connectivity index (χ4v) is 1.90. The summed E-state index contributed by atoms with van der Waals surface area (Å²) >= 11 is 0. The highest BCUT2D eigenvalue weighted by Crippen LogP contribution is 2.17. The van der Waals surface area contributed by atoms with E-state index in [-0.39, 0.29) is 0 Å². The topological polar surface area (TPSA) is 35.5 Å². The number of carbonyl (C=O) groups excluding carboxylic acids is 1. The smallest absolute Gasteiger partial charge is 0.119 e. The second kappa shape index (κ2) is 10.4. The van der Waals surface area contributed by atoms with E-state index in [4.69, 9.17) is 9.47 Å². The number of hydrogen-bond acceptors (Lipinski definition) is 3. The molecule has 3 heteroatoms. The molecule has 1 aromatic rings. The monoisotopic (exact) mass is 264 g/mol. The summed E-state index contributed by atoms with van der Waals surface area (Å²) in [5, 5.41) is 0. The van der Waals surface area contributed by atoms with Gasteiger partial charge in [0.1, 0.15) is 17.8 Å². The number of ether oxygens (including phenoxy) is 2. The van der Waals surface area contributed by atoms with E-state index in [0.29, 0.717) is 6.42 Å². The lowest BCUT2D eigenvalue weighted by molar-refractivity contribution is -0.107. The van der Waals surface area contributed by atoms with Gasteiger partial charge in [0.25, 0.3) is 0 Å². The van der Waals surface area contributed by atoms with Gasteiger partial charge in [-0.15, -0.1) is 0 Å². The average molecular weight is 264 g/mol. The zero-order valence-corrected chi connectivity index (χ0v) is 11.8.